The molecular weight excluding hydrogens is 534 g/mol. The largest absolute Gasteiger partial charge is 0.482 e. The number of phosphoric acid groups is 1. The van der Waals surface area contributed by atoms with Gasteiger partial charge in [-0.15, -0.1) is 0 Å². The Morgan fingerprint density at radius 1 is 0.609 bits per heavy atom. The molecule has 23 heavy (non-hydrogen) atoms. The summed E-state index contributed by atoms with van der Waals surface area (Å²) in [6.07, 6.45) is -7.32. The van der Waals surface area contributed by atoms with Gasteiger partial charge in [0.25, 0.3) is 0 Å². The number of rotatable bonds is 6. The predicted octanol–water partition coefficient (Wildman–Crippen LogP) is 4.21. The first-order valence-corrected chi connectivity index (χ1v) is 9.64. The Kier molecular flexibility index (Phi) is 10.2. The summed E-state index contributed by atoms with van der Waals surface area (Å²) in [5.41, 5.74) is 0. The maximum Gasteiger partial charge on any atom is 0.482 e. The van der Waals surface area contributed by atoms with Gasteiger partial charge in [0, 0.05) is 0 Å². The van der Waals surface area contributed by atoms with E-state index in [4.69, 9.17) is 104 Å². The summed E-state index contributed by atoms with van der Waals surface area (Å²) in [5, 5.41) is 28.3. The molecule has 0 bridgehead atoms. The third-order valence-electron chi connectivity index (χ3n) is 1.53. The van der Waals surface area contributed by atoms with Crippen molar-refractivity contribution in [1.82, 2.24) is 0 Å². The standard InChI is InChI=1S/C6H6Cl9O7P/c7-4(8,9)1(16)20-23(19,21-2(17)5(10,11)12)22-3(18)6(13,14)15/h1-3,16-18H. The number of aliphatic hydroxyl groups is 3. The number of hydrogen-bond donors (Lipinski definition) is 3. The van der Waals surface area contributed by atoms with Gasteiger partial charge in [0.2, 0.25) is 30.2 Å². The highest BCUT2D eigenvalue weighted by atomic mass is 35.6. The molecule has 0 aromatic heterocycles. The van der Waals surface area contributed by atoms with Gasteiger partial charge in [0.15, 0.2) is 0 Å². The van der Waals surface area contributed by atoms with Crippen LogP contribution < -0.4 is 0 Å². The highest BCUT2D eigenvalue weighted by molar-refractivity contribution is 7.48. The van der Waals surface area contributed by atoms with Gasteiger partial charge >= 0.3 is 7.82 Å². The van der Waals surface area contributed by atoms with Crippen LogP contribution in [0.15, 0.2) is 0 Å². The average Bonchev–Trinajstić information content (AvgIpc) is 2.23. The van der Waals surface area contributed by atoms with E-state index in [-0.39, 0.29) is 0 Å². The van der Waals surface area contributed by atoms with Crippen molar-refractivity contribution in [3.63, 3.8) is 0 Å². The van der Waals surface area contributed by atoms with E-state index in [1.54, 1.807) is 0 Å². The zero-order valence-corrected chi connectivity index (χ0v) is 17.8. The van der Waals surface area contributed by atoms with E-state index in [9.17, 15) is 19.9 Å². The van der Waals surface area contributed by atoms with Crippen LogP contribution in [-0.2, 0) is 18.1 Å². The molecule has 0 fully saturated rings. The maximum atomic E-state index is 12.3. The van der Waals surface area contributed by atoms with Crippen LogP contribution in [0.5, 0.6) is 0 Å². The van der Waals surface area contributed by atoms with E-state index in [1.807, 2.05) is 0 Å². The maximum absolute atomic E-state index is 12.3. The van der Waals surface area contributed by atoms with Gasteiger partial charge in [0.05, 0.1) is 0 Å². The van der Waals surface area contributed by atoms with Gasteiger partial charge in [0.1, 0.15) is 0 Å². The number of alkyl halides is 9. The van der Waals surface area contributed by atoms with E-state index in [0.717, 1.165) is 0 Å². The molecule has 17 heteroatoms. The van der Waals surface area contributed by atoms with Crippen LogP contribution in [0.1, 0.15) is 0 Å². The van der Waals surface area contributed by atoms with Crippen LogP contribution in [0.3, 0.4) is 0 Å². The van der Waals surface area contributed by atoms with Crippen LogP contribution in [0.4, 0.5) is 0 Å². The molecule has 0 radical (unpaired) electrons. The van der Waals surface area contributed by atoms with E-state index in [2.05, 4.69) is 13.6 Å². The number of hydrogen-bond acceptors (Lipinski definition) is 7. The SMILES string of the molecule is O=P(OC(O)C(Cl)(Cl)Cl)(OC(O)C(Cl)(Cl)Cl)OC(O)C(Cl)(Cl)Cl. The Morgan fingerprint density at radius 3 is 0.913 bits per heavy atom. The molecule has 3 N–H and O–H groups in total. The summed E-state index contributed by atoms with van der Waals surface area (Å²) in [4.78, 5) is 0. The van der Waals surface area contributed by atoms with Crippen molar-refractivity contribution in [2.75, 3.05) is 0 Å². The summed E-state index contributed by atoms with van der Waals surface area (Å²) in [6.45, 7) is 0. The van der Waals surface area contributed by atoms with Gasteiger partial charge in [-0.3, -0.25) is 13.6 Å². The Labute approximate surface area is 175 Å². The second kappa shape index (κ2) is 9.20. The van der Waals surface area contributed by atoms with Crippen molar-refractivity contribution in [1.29, 1.82) is 0 Å². The highest BCUT2D eigenvalue weighted by Crippen LogP contribution is 2.57. The number of aliphatic hydroxyl groups excluding tert-OH is 3. The Hall–Kier alpha value is 2.60. The van der Waals surface area contributed by atoms with Crippen molar-refractivity contribution >= 4 is 112 Å². The van der Waals surface area contributed by atoms with E-state index in [1.165, 1.54) is 0 Å². The third kappa shape index (κ3) is 9.91. The molecule has 0 aliphatic rings. The van der Waals surface area contributed by atoms with Crippen LogP contribution in [-0.4, -0.2) is 45.6 Å². The first-order valence-electron chi connectivity index (χ1n) is 4.78. The second-order valence-corrected chi connectivity index (χ2v) is 12.1. The van der Waals surface area contributed by atoms with Crippen molar-refractivity contribution in [2.45, 2.75) is 30.2 Å². The molecule has 0 rings (SSSR count). The molecule has 7 nitrogen and oxygen atoms in total. The van der Waals surface area contributed by atoms with Crippen molar-refractivity contribution < 1.29 is 33.5 Å². The zero-order valence-electron chi connectivity index (χ0n) is 10.1. The fraction of sp³-hybridized carbons (Fsp3) is 1.00. The first-order chi connectivity index (χ1) is 9.88. The molecular formula is C6H6Cl9O7P. The summed E-state index contributed by atoms with van der Waals surface area (Å²) < 4.78 is 17.7. The highest BCUT2D eigenvalue weighted by Gasteiger charge is 2.48. The minimum absolute atomic E-state index is 2.44. The third-order valence-corrected chi connectivity index (χ3v) is 4.58. The first kappa shape index (κ1) is 25.6. The summed E-state index contributed by atoms with van der Waals surface area (Å²) in [5.74, 6) is 0. The van der Waals surface area contributed by atoms with Crippen molar-refractivity contribution in [3.8, 4) is 0 Å². The molecule has 0 aromatic rings. The van der Waals surface area contributed by atoms with Crippen LogP contribution in [0, 0.1) is 0 Å². The smallest absolute Gasteiger partial charge is 0.364 e. The molecule has 3 unspecified atom stereocenters. The molecule has 0 aromatic carbocycles. The Balaban J connectivity index is 5.40. The second-order valence-electron chi connectivity index (χ2n) is 3.45. The molecule has 0 aliphatic heterocycles. The van der Waals surface area contributed by atoms with Crippen LogP contribution >= 0.6 is 112 Å². The Bertz CT molecular complexity index is 370. The van der Waals surface area contributed by atoms with Gasteiger partial charge in [-0.05, 0) is 0 Å². The summed E-state index contributed by atoms with van der Waals surface area (Å²) in [6, 6.07) is 0. The summed E-state index contributed by atoms with van der Waals surface area (Å²) >= 11 is 47.6. The predicted molar refractivity (Wildman–Crippen MR) is 89.8 cm³/mol. The molecule has 140 valence electrons. The van der Waals surface area contributed by atoms with E-state index in [0.29, 0.717) is 0 Å². The molecule has 0 saturated heterocycles. The van der Waals surface area contributed by atoms with Crippen LogP contribution in [0.25, 0.3) is 0 Å². The van der Waals surface area contributed by atoms with Crippen LogP contribution in [0.2, 0.25) is 0 Å². The lowest BCUT2D eigenvalue weighted by molar-refractivity contribution is -0.115. The van der Waals surface area contributed by atoms with E-state index < -0.39 is 38.1 Å². The van der Waals surface area contributed by atoms with Crippen molar-refractivity contribution in [3.05, 3.63) is 0 Å². The lowest BCUT2D eigenvalue weighted by atomic mass is 10.7. The Morgan fingerprint density at radius 2 is 0.783 bits per heavy atom. The molecule has 0 saturated carbocycles. The molecule has 0 amide bonds. The zero-order chi connectivity index (χ0) is 18.9. The summed E-state index contributed by atoms with van der Waals surface area (Å²) in [7, 11) is -5.19. The normalized spacial score (nSPS) is 20.7. The topological polar surface area (TPSA) is 105 Å². The molecule has 0 aliphatic carbocycles. The fourth-order valence-electron chi connectivity index (χ4n) is 0.621. The van der Waals surface area contributed by atoms with Gasteiger partial charge in [-0.2, -0.15) is 0 Å². The quantitative estimate of drug-likeness (QED) is 0.264. The fourth-order valence-corrected chi connectivity index (χ4v) is 2.94. The lowest BCUT2D eigenvalue weighted by Crippen LogP contribution is -2.34. The van der Waals surface area contributed by atoms with E-state index >= 15 is 0 Å². The van der Waals surface area contributed by atoms with Gasteiger partial charge < -0.3 is 15.3 Å². The van der Waals surface area contributed by atoms with Gasteiger partial charge in [-0.25, -0.2) is 4.57 Å². The monoisotopic (exact) mass is 536 g/mol. The number of phosphoric ester groups is 1. The van der Waals surface area contributed by atoms with Crippen molar-refractivity contribution in [2.24, 2.45) is 0 Å². The number of halogens is 9. The minimum Gasteiger partial charge on any atom is -0.364 e. The molecule has 0 heterocycles. The van der Waals surface area contributed by atoms with Gasteiger partial charge in [-0.1, -0.05) is 104 Å². The average molecular weight is 540 g/mol. The molecule has 3 atom stereocenters. The molecule has 0 spiro atoms. The lowest BCUT2D eigenvalue weighted by Gasteiger charge is -2.30. The minimum atomic E-state index is -5.19.